The van der Waals surface area contributed by atoms with E-state index < -0.39 is 152 Å². The number of nitrogens with one attached hydrogen (secondary N) is 4. The maximum absolute atomic E-state index is 13.5. The molecule has 138 heavy (non-hydrogen) atoms. The van der Waals surface area contributed by atoms with Crippen LogP contribution in [0.15, 0.2) is 293 Å². The zero-order chi connectivity index (χ0) is 98.9. The molecule has 4 fully saturated rings. The molecule has 0 saturated carbocycles. The standard InChI is InChI=1S/C92H120N4O30Si12/c1-13-85(97)105-69-61-93-89(101)109-65-41-73-127(5,6)113-131(77-45-25-17-26-46-77)117-135(81-53-33-21-34-54-81)119-132(78-47-27-18-28-48-78,114-128(7,8)74-42-66-110-90(102)94-62-70-106-86(98)14-2)120-136(118-131,82-55-35-22-36-56-82)126-138(84-59-39-24-40-60-84)122-133(79-49-29-19-30-50-79,115-129(9,10)75-43-67-111-91(103)95-63-71-107-87(99)15-3)121-137(125-135,83-57-37-23-38-58-83)123-134(124-138,80-51-31-20-32-52-80)116-130(11,12)76-44-68-112-92(104)96-64-72-108-88(100)16-4/h13-40,45-60H,1-4,41-44,61-76H2,5-12H3,(H,93,101)(H,94,102)(H,95,103)(H,96,104). The Hall–Kier alpha value is -10.3. The number of esters is 4. The number of amides is 4. The minimum absolute atomic E-state index is 0.0512. The second-order valence-corrected chi connectivity index (χ2v) is 75.0. The van der Waals surface area contributed by atoms with Crippen LogP contribution in [0.4, 0.5) is 19.2 Å². The molecule has 8 aromatic rings. The Morgan fingerprint density at radius 2 is 0.399 bits per heavy atom. The highest BCUT2D eigenvalue weighted by Gasteiger charge is 2.81. The Balaban J connectivity index is 1.26. The van der Waals surface area contributed by atoms with Crippen molar-refractivity contribution in [3.63, 3.8) is 0 Å². The maximum atomic E-state index is 13.5. The summed E-state index contributed by atoms with van der Waals surface area (Å²) in [4.78, 5) is 102. The highest BCUT2D eigenvalue weighted by atomic mass is 28.6. The molecular weight excluding hydrogens is 1980 g/mol. The molecule has 4 bridgehead atoms. The largest absolute Gasteiger partial charge is 0.515 e. The number of rotatable bonds is 48. The van der Waals surface area contributed by atoms with E-state index in [-0.39, 0.29) is 150 Å². The summed E-state index contributed by atoms with van der Waals surface area (Å²) in [5.41, 5.74) is 0. The van der Waals surface area contributed by atoms with E-state index >= 15 is 0 Å². The van der Waals surface area contributed by atoms with Crippen LogP contribution >= 0.6 is 0 Å². The van der Waals surface area contributed by atoms with Gasteiger partial charge in [-0.1, -0.05) is 269 Å². The van der Waals surface area contributed by atoms with Gasteiger partial charge in [-0.3, -0.25) is 0 Å². The van der Waals surface area contributed by atoms with E-state index in [0.717, 1.165) is 24.3 Å². The molecule has 0 aromatic heterocycles. The predicted octanol–water partition coefficient (Wildman–Crippen LogP) is 9.23. The van der Waals surface area contributed by atoms with Crippen LogP contribution in [0.25, 0.3) is 0 Å². The fourth-order valence-electron chi connectivity index (χ4n) is 14.8. The van der Waals surface area contributed by atoms with Crippen LogP contribution in [0.5, 0.6) is 0 Å². The fourth-order valence-corrected chi connectivity index (χ4v) is 75.3. The normalized spacial score (nSPS) is 22.0. The van der Waals surface area contributed by atoms with Gasteiger partial charge in [0, 0.05) is 65.8 Å². The van der Waals surface area contributed by atoms with Crippen molar-refractivity contribution >= 4 is 193 Å². The number of carbonyl (C=O) groups excluding carboxylic acids is 8. The predicted molar refractivity (Wildman–Crippen MR) is 539 cm³/mol. The summed E-state index contributed by atoms with van der Waals surface area (Å²) < 4.78 is 167. The van der Waals surface area contributed by atoms with Gasteiger partial charge in [-0.2, -0.15) is 0 Å². The molecule has 0 aliphatic carbocycles. The first-order chi connectivity index (χ1) is 66.1. The average Bonchev–Trinajstić information content (AvgIpc) is 0.683. The maximum Gasteiger partial charge on any atom is 0.515 e. The van der Waals surface area contributed by atoms with Crippen molar-refractivity contribution in [1.29, 1.82) is 0 Å². The summed E-state index contributed by atoms with van der Waals surface area (Å²) in [6.45, 7) is 28.5. The summed E-state index contributed by atoms with van der Waals surface area (Å²) in [6, 6.07) is 74.0. The van der Waals surface area contributed by atoms with Gasteiger partial charge in [-0.15, -0.1) is 0 Å². The van der Waals surface area contributed by atoms with Crippen molar-refractivity contribution in [1.82, 2.24) is 21.3 Å². The molecule has 4 heterocycles. The van der Waals surface area contributed by atoms with Gasteiger partial charge >= 0.3 is 119 Å². The van der Waals surface area contributed by atoms with Gasteiger partial charge in [-0.05, 0) is 102 Å². The molecule has 0 atom stereocenters. The molecule has 736 valence electrons. The lowest BCUT2D eigenvalue weighted by atomic mass is 10.4. The van der Waals surface area contributed by atoms with Crippen LogP contribution in [-0.2, 0) is 115 Å². The molecule has 4 aliphatic heterocycles. The van der Waals surface area contributed by atoms with E-state index in [1.54, 1.807) is 0 Å². The van der Waals surface area contributed by atoms with Gasteiger partial charge in [0.25, 0.3) is 0 Å². The SMILES string of the molecule is C=CC(=O)OCCNC(=O)OCCC[Si](C)(C)O[Si]1(c2ccccc2)O[Si]2(c3ccccc3)O[Si](O[Si](C)(C)CCCOC(=O)NCCOC(=O)C=C)(c3ccccc3)O[Si](c3ccccc3)(O1)O[Si]1(c3ccccc3)O[Si](O[Si](C)(C)CCCOC(=O)NCCOC(=O)C=C)(c3ccccc3)O[Si](c3ccccc3)(O[Si](O[Si](C)(C)CCCOC(=O)NCCOC(=O)C=C)(c3ccccc3)O1)O2. The van der Waals surface area contributed by atoms with E-state index in [1.165, 1.54) is 0 Å². The molecular formula is C92H120N4O30Si12. The van der Waals surface area contributed by atoms with Crippen LogP contribution < -0.4 is 62.8 Å². The van der Waals surface area contributed by atoms with E-state index in [0.29, 0.717) is 20.7 Å². The Labute approximate surface area is 817 Å². The van der Waals surface area contributed by atoms with Crippen molar-refractivity contribution in [3.8, 4) is 0 Å². The third-order valence-corrected chi connectivity index (χ3v) is 70.3. The molecule has 0 spiro atoms. The van der Waals surface area contributed by atoms with E-state index in [9.17, 15) is 38.4 Å². The highest BCUT2D eigenvalue weighted by Crippen LogP contribution is 2.46. The van der Waals surface area contributed by atoms with Crippen LogP contribution in [0.2, 0.25) is 76.6 Å². The molecule has 46 heteroatoms. The number of hydrogen-bond donors (Lipinski definition) is 4. The third-order valence-electron chi connectivity index (χ3n) is 21.1. The summed E-state index contributed by atoms with van der Waals surface area (Å²) in [6.07, 6.45) is 1.89. The Bertz CT molecular complexity index is 4690. The topological polar surface area (TPSA) is 388 Å². The van der Waals surface area contributed by atoms with Gasteiger partial charge in [0.05, 0.1) is 52.6 Å². The lowest BCUT2D eigenvalue weighted by molar-refractivity contribution is -0.138. The van der Waals surface area contributed by atoms with Crippen LogP contribution in [0.3, 0.4) is 0 Å². The Morgan fingerprint density at radius 3 is 0.558 bits per heavy atom. The number of ether oxygens (including phenoxy) is 8. The van der Waals surface area contributed by atoms with E-state index in [4.69, 9.17) is 95.5 Å². The molecule has 8 aromatic carbocycles. The van der Waals surface area contributed by atoms with Gasteiger partial charge in [0.2, 0.25) is 0 Å². The number of hydrogen-bond acceptors (Lipinski definition) is 30. The molecule has 12 rings (SSSR count). The number of benzene rings is 8. The molecule has 34 nitrogen and oxygen atoms in total. The first-order valence-electron chi connectivity index (χ1n) is 45.2. The number of fused-ring (bicyclic) bond motifs is 4. The van der Waals surface area contributed by atoms with Gasteiger partial charge in [0.1, 0.15) is 26.4 Å². The zero-order valence-electron chi connectivity index (χ0n) is 78.6. The first kappa shape index (κ1) is 108. The van der Waals surface area contributed by atoms with E-state index in [2.05, 4.69) is 47.6 Å². The average molecular weight is 2100 g/mol. The number of alkyl carbamates (subject to hydrolysis) is 4. The van der Waals surface area contributed by atoms with E-state index in [1.807, 2.05) is 295 Å². The van der Waals surface area contributed by atoms with Crippen molar-refractivity contribution in [2.24, 2.45) is 0 Å². The Kier molecular flexibility index (Phi) is 39.3. The zero-order valence-corrected chi connectivity index (χ0v) is 90.6. The highest BCUT2D eigenvalue weighted by molar-refractivity contribution is 7.11. The number of carbonyl (C=O) groups is 8. The summed E-state index contributed by atoms with van der Waals surface area (Å²) >= 11 is 0. The van der Waals surface area contributed by atoms with Gasteiger partial charge in [0.15, 0.2) is 33.3 Å². The van der Waals surface area contributed by atoms with Crippen molar-refractivity contribution in [3.05, 3.63) is 293 Å². The summed E-state index contributed by atoms with van der Waals surface area (Å²) in [7, 11) is -60.0. The molecule has 4 aliphatic rings. The van der Waals surface area contributed by atoms with Crippen LogP contribution in [0.1, 0.15) is 25.7 Å². The van der Waals surface area contributed by atoms with Crippen molar-refractivity contribution in [2.45, 2.75) is 102 Å². The minimum atomic E-state index is -5.90. The molecule has 4 amide bonds. The quantitative estimate of drug-likeness (QED) is 0.00906. The Morgan fingerprint density at radius 1 is 0.239 bits per heavy atom. The molecule has 0 unspecified atom stereocenters. The third kappa shape index (κ3) is 30.4. The summed E-state index contributed by atoms with van der Waals surface area (Å²) in [5.74, 6) is -2.64. The molecule has 0 radical (unpaired) electrons. The van der Waals surface area contributed by atoms with Gasteiger partial charge in [-0.25, -0.2) is 38.4 Å². The lowest BCUT2D eigenvalue weighted by Gasteiger charge is -2.58. The molecule has 4 saturated heterocycles. The monoisotopic (exact) mass is 2100 g/mol. The first-order valence-corrected chi connectivity index (χ1v) is 71.5. The second kappa shape index (κ2) is 50.2. The molecule has 4 N–H and O–H groups in total. The van der Waals surface area contributed by atoms with Gasteiger partial charge < -0.3 is 117 Å². The van der Waals surface area contributed by atoms with Crippen molar-refractivity contribution in [2.75, 3.05) is 79.0 Å². The van der Waals surface area contributed by atoms with Crippen molar-refractivity contribution < 1.29 is 134 Å². The minimum Gasteiger partial charge on any atom is -0.461 e. The van der Waals surface area contributed by atoms with Crippen LogP contribution in [0, 0.1) is 0 Å². The summed E-state index contributed by atoms with van der Waals surface area (Å²) in [5, 5.41) is 12.9. The lowest BCUT2D eigenvalue weighted by Crippen LogP contribution is -2.91. The van der Waals surface area contributed by atoms with Crippen LogP contribution in [-0.4, -0.2) is 231 Å². The smallest absolute Gasteiger partial charge is 0.461 e. The second-order valence-electron chi connectivity index (χ2n) is 34.0. The fraction of sp³-hybridized carbons (Fsp3) is 0.304.